The van der Waals surface area contributed by atoms with Gasteiger partial charge in [0.2, 0.25) is 0 Å². The van der Waals surface area contributed by atoms with E-state index in [1.165, 1.54) is 0 Å². The van der Waals surface area contributed by atoms with Crippen LogP contribution in [0.4, 0.5) is 0 Å². The molecule has 1 N–H and O–H groups in total. The Morgan fingerprint density at radius 1 is 1.27 bits per heavy atom. The molecular formula is C13H12N2. The Labute approximate surface area is 88.7 Å². The summed E-state index contributed by atoms with van der Waals surface area (Å²) in [5, 5.41) is 0. The van der Waals surface area contributed by atoms with E-state index < -0.39 is 0 Å². The van der Waals surface area contributed by atoms with Crippen LogP contribution in [0.15, 0.2) is 55.7 Å². The molecule has 2 rings (SSSR count). The quantitative estimate of drug-likeness (QED) is 0.749. The Morgan fingerprint density at radius 3 is 2.73 bits per heavy atom. The molecule has 2 heteroatoms. The zero-order chi connectivity index (χ0) is 10.7. The molecule has 1 aromatic carbocycles. The molecule has 0 radical (unpaired) electrons. The second-order valence-corrected chi connectivity index (χ2v) is 3.16. The summed E-state index contributed by atoms with van der Waals surface area (Å²) in [4.78, 5) is 7.69. The number of para-hydroxylation sites is 2. The molecule has 0 aliphatic carbocycles. The molecule has 0 spiro atoms. The maximum Gasteiger partial charge on any atom is 0.138 e. The Bertz CT molecular complexity index is 499. The first-order valence-corrected chi connectivity index (χ1v) is 4.75. The average Bonchev–Trinajstić information content (AvgIpc) is 2.69. The number of aromatic amines is 1. The van der Waals surface area contributed by atoms with Gasteiger partial charge in [-0.15, -0.1) is 0 Å². The Hall–Kier alpha value is -2.09. The third-order valence-electron chi connectivity index (χ3n) is 2.18. The summed E-state index contributed by atoms with van der Waals surface area (Å²) in [6.07, 6.45) is 5.37. The molecule has 74 valence electrons. The Morgan fingerprint density at radius 2 is 2.07 bits per heavy atom. The van der Waals surface area contributed by atoms with Crippen molar-refractivity contribution < 1.29 is 0 Å². The van der Waals surface area contributed by atoms with E-state index in [2.05, 4.69) is 23.1 Å². The molecule has 0 aliphatic rings. The molecule has 0 amide bonds. The first-order valence-electron chi connectivity index (χ1n) is 4.75. The van der Waals surface area contributed by atoms with Gasteiger partial charge in [0.05, 0.1) is 11.0 Å². The molecule has 2 aromatic rings. The summed E-state index contributed by atoms with van der Waals surface area (Å²) in [5.74, 6) is 0.825. The zero-order valence-electron chi connectivity index (χ0n) is 8.40. The van der Waals surface area contributed by atoms with Gasteiger partial charge in [0.15, 0.2) is 0 Å². The van der Waals surface area contributed by atoms with E-state index in [9.17, 15) is 0 Å². The molecule has 0 unspecified atom stereocenters. The van der Waals surface area contributed by atoms with Crippen molar-refractivity contribution in [3.8, 4) is 0 Å². The van der Waals surface area contributed by atoms with Crippen LogP contribution in [0.5, 0.6) is 0 Å². The highest BCUT2D eigenvalue weighted by Crippen LogP contribution is 2.17. The highest BCUT2D eigenvalue weighted by molar-refractivity contribution is 5.81. The molecule has 0 saturated carbocycles. The fourth-order valence-electron chi connectivity index (χ4n) is 1.46. The number of H-pyrrole nitrogens is 1. The Balaban J connectivity index is 2.57. The van der Waals surface area contributed by atoms with Crippen molar-refractivity contribution in [2.45, 2.75) is 0 Å². The Kier molecular flexibility index (Phi) is 2.50. The van der Waals surface area contributed by atoms with Crippen LogP contribution >= 0.6 is 0 Å². The van der Waals surface area contributed by atoms with Crippen LogP contribution in [0, 0.1) is 0 Å². The fourth-order valence-corrected chi connectivity index (χ4v) is 1.46. The van der Waals surface area contributed by atoms with Crippen molar-refractivity contribution in [2.75, 3.05) is 0 Å². The predicted molar refractivity (Wildman–Crippen MR) is 64.5 cm³/mol. The summed E-state index contributed by atoms with van der Waals surface area (Å²) in [7, 11) is 0. The molecule has 2 nitrogen and oxygen atoms in total. The van der Waals surface area contributed by atoms with Gasteiger partial charge < -0.3 is 4.98 Å². The number of allylic oxidation sites excluding steroid dienone is 4. The fraction of sp³-hybridized carbons (Fsp3) is 0. The van der Waals surface area contributed by atoms with Gasteiger partial charge in [-0.3, -0.25) is 0 Å². The van der Waals surface area contributed by atoms with Crippen LogP contribution in [0.3, 0.4) is 0 Å². The SMILES string of the molecule is C=C/C=C(\C=C)c1nc2ccccc2[nH]1. The van der Waals surface area contributed by atoms with Crippen LogP contribution in [0.2, 0.25) is 0 Å². The smallest absolute Gasteiger partial charge is 0.138 e. The number of aromatic nitrogens is 2. The van der Waals surface area contributed by atoms with Gasteiger partial charge in [0.25, 0.3) is 0 Å². The van der Waals surface area contributed by atoms with Crippen LogP contribution in [0.1, 0.15) is 5.82 Å². The minimum Gasteiger partial charge on any atom is -0.338 e. The maximum absolute atomic E-state index is 4.46. The molecule has 1 aromatic heterocycles. The van der Waals surface area contributed by atoms with Crippen LogP contribution in [-0.4, -0.2) is 9.97 Å². The van der Waals surface area contributed by atoms with Crippen molar-refractivity contribution in [3.63, 3.8) is 0 Å². The predicted octanol–water partition coefficient (Wildman–Crippen LogP) is 3.32. The standard InChI is InChI=1S/C13H12N2/c1-3-7-10(4-2)13-14-11-8-5-6-9-12(11)15-13/h3-9H,1-2H2,(H,14,15)/b10-7+. The number of nitrogens with one attached hydrogen (secondary N) is 1. The molecular weight excluding hydrogens is 184 g/mol. The molecule has 0 aliphatic heterocycles. The van der Waals surface area contributed by atoms with Gasteiger partial charge in [-0.25, -0.2) is 4.98 Å². The van der Waals surface area contributed by atoms with Crippen molar-refractivity contribution >= 4 is 16.6 Å². The van der Waals surface area contributed by atoms with Crippen LogP contribution in [0.25, 0.3) is 16.6 Å². The van der Waals surface area contributed by atoms with Gasteiger partial charge >= 0.3 is 0 Å². The lowest BCUT2D eigenvalue weighted by molar-refractivity contribution is 1.27. The topological polar surface area (TPSA) is 28.7 Å². The summed E-state index contributed by atoms with van der Waals surface area (Å²) >= 11 is 0. The summed E-state index contributed by atoms with van der Waals surface area (Å²) < 4.78 is 0. The number of rotatable bonds is 3. The molecule has 15 heavy (non-hydrogen) atoms. The summed E-state index contributed by atoms with van der Waals surface area (Å²) in [6, 6.07) is 7.93. The van der Waals surface area contributed by atoms with E-state index in [1.54, 1.807) is 12.2 Å². The third kappa shape index (κ3) is 1.74. The number of hydrogen-bond donors (Lipinski definition) is 1. The number of nitrogens with zero attached hydrogens (tertiary/aromatic N) is 1. The lowest BCUT2D eigenvalue weighted by Crippen LogP contribution is -1.82. The summed E-state index contributed by atoms with van der Waals surface area (Å²) in [5.41, 5.74) is 2.94. The van der Waals surface area contributed by atoms with Crippen molar-refractivity contribution in [1.29, 1.82) is 0 Å². The van der Waals surface area contributed by atoms with Gasteiger partial charge in [0.1, 0.15) is 5.82 Å². The number of imidazole rings is 1. The second-order valence-electron chi connectivity index (χ2n) is 3.16. The van der Waals surface area contributed by atoms with Gasteiger partial charge in [0, 0.05) is 5.57 Å². The lowest BCUT2D eigenvalue weighted by Gasteiger charge is -1.93. The van der Waals surface area contributed by atoms with E-state index in [1.807, 2.05) is 30.3 Å². The highest BCUT2D eigenvalue weighted by Gasteiger charge is 2.03. The molecule has 1 heterocycles. The van der Waals surface area contributed by atoms with Gasteiger partial charge in [-0.1, -0.05) is 43.5 Å². The first kappa shape index (κ1) is 9.46. The average molecular weight is 196 g/mol. The first-order chi connectivity index (χ1) is 7.35. The van der Waals surface area contributed by atoms with E-state index in [4.69, 9.17) is 0 Å². The van der Waals surface area contributed by atoms with E-state index in [0.29, 0.717) is 0 Å². The van der Waals surface area contributed by atoms with Crippen LogP contribution in [-0.2, 0) is 0 Å². The number of benzene rings is 1. The highest BCUT2D eigenvalue weighted by atomic mass is 14.9. The van der Waals surface area contributed by atoms with E-state index >= 15 is 0 Å². The van der Waals surface area contributed by atoms with Crippen molar-refractivity contribution in [1.82, 2.24) is 9.97 Å². The number of hydrogen-bond acceptors (Lipinski definition) is 1. The largest absolute Gasteiger partial charge is 0.338 e. The monoisotopic (exact) mass is 196 g/mol. The maximum atomic E-state index is 4.46. The third-order valence-corrected chi connectivity index (χ3v) is 2.18. The molecule has 0 bridgehead atoms. The summed E-state index contributed by atoms with van der Waals surface area (Å²) in [6.45, 7) is 7.41. The van der Waals surface area contributed by atoms with Crippen molar-refractivity contribution in [3.05, 3.63) is 61.5 Å². The van der Waals surface area contributed by atoms with Gasteiger partial charge in [-0.05, 0) is 12.1 Å². The zero-order valence-corrected chi connectivity index (χ0v) is 8.40. The molecule has 0 saturated heterocycles. The molecule has 0 fully saturated rings. The van der Waals surface area contributed by atoms with Crippen molar-refractivity contribution in [2.24, 2.45) is 0 Å². The van der Waals surface area contributed by atoms with E-state index in [0.717, 1.165) is 22.4 Å². The minimum absolute atomic E-state index is 0.825. The molecule has 0 atom stereocenters. The van der Waals surface area contributed by atoms with Crippen LogP contribution < -0.4 is 0 Å². The normalized spacial score (nSPS) is 11.6. The number of fused-ring (bicyclic) bond motifs is 1. The minimum atomic E-state index is 0.825. The van der Waals surface area contributed by atoms with E-state index in [-0.39, 0.29) is 0 Å². The second kappa shape index (κ2) is 3.96. The van der Waals surface area contributed by atoms with Gasteiger partial charge in [-0.2, -0.15) is 0 Å². The lowest BCUT2D eigenvalue weighted by atomic mass is 10.2.